The number of rotatable bonds is 6. The number of furan rings is 1. The SMILES string of the molecule is CC(C)c1cccc(C(C)C)c1-n1c(-c2[c-]c3c(cc2)oc2ccc4c(c5nc(-c6ccccc6O)ccc5n4-c4ccccc4)c23)nc2ccccc21.[Pt]. The number of imidazole rings is 1. The maximum absolute atomic E-state index is 10.8. The van der Waals surface area contributed by atoms with E-state index in [2.05, 4.69) is 128 Å². The van der Waals surface area contributed by atoms with Crippen LogP contribution in [-0.2, 0) is 21.1 Å². The molecule has 7 heteroatoms. The number of para-hydroxylation sites is 5. The topological polar surface area (TPSA) is 69.0 Å². The largest absolute Gasteiger partial charge is 0.507 e. The number of phenols is 1. The quantitative estimate of drug-likeness (QED) is 0.169. The van der Waals surface area contributed by atoms with Gasteiger partial charge in [0.15, 0.2) is 0 Å². The van der Waals surface area contributed by atoms with Crippen molar-refractivity contribution >= 4 is 54.9 Å². The van der Waals surface area contributed by atoms with Gasteiger partial charge in [0, 0.05) is 48.9 Å². The van der Waals surface area contributed by atoms with Crippen molar-refractivity contribution in [2.24, 2.45) is 0 Å². The van der Waals surface area contributed by atoms with Crippen LogP contribution in [0.4, 0.5) is 0 Å². The van der Waals surface area contributed by atoms with Crippen LogP contribution in [0.3, 0.4) is 0 Å². The second kappa shape index (κ2) is 13.4. The molecule has 4 heterocycles. The van der Waals surface area contributed by atoms with Gasteiger partial charge in [0.05, 0.1) is 44.8 Å². The standard InChI is InChI=1S/C48H37N4O2.Pt/c1-28(2)32-16-12-17-33(29(3)4)47(32)52-38-19-10-9-18-37(38)50-48(52)30-21-25-42-35(27-30)44-43(54-42)26-24-39-45(44)46-40(51(39)31-13-6-5-7-14-31)23-22-36(49-46)34-15-8-11-20-41(34)53;/h5-26,28-29,53H,1-4H3;/q-1;. The molecule has 4 aromatic heterocycles. The second-order valence-electron chi connectivity index (χ2n) is 14.7. The van der Waals surface area contributed by atoms with Crippen LogP contribution in [-0.4, -0.2) is 24.2 Å². The molecule has 0 aliphatic heterocycles. The summed E-state index contributed by atoms with van der Waals surface area (Å²) in [6.45, 7) is 9.03. The van der Waals surface area contributed by atoms with Gasteiger partial charge in [0.25, 0.3) is 0 Å². The van der Waals surface area contributed by atoms with Gasteiger partial charge < -0.3 is 18.7 Å². The predicted molar refractivity (Wildman–Crippen MR) is 220 cm³/mol. The Morgan fingerprint density at radius 1 is 0.600 bits per heavy atom. The number of hydrogen-bond acceptors (Lipinski definition) is 4. The first-order chi connectivity index (χ1) is 26.4. The molecule has 0 saturated heterocycles. The van der Waals surface area contributed by atoms with Crippen LogP contribution in [0.1, 0.15) is 50.7 Å². The van der Waals surface area contributed by atoms with E-state index in [4.69, 9.17) is 14.4 Å². The summed E-state index contributed by atoms with van der Waals surface area (Å²) in [7, 11) is 0. The smallest absolute Gasteiger partial charge is 0.124 e. The summed E-state index contributed by atoms with van der Waals surface area (Å²) in [5, 5.41) is 13.6. The van der Waals surface area contributed by atoms with E-state index in [0.717, 1.165) is 72.0 Å². The molecule has 10 rings (SSSR count). The molecule has 0 amide bonds. The summed E-state index contributed by atoms with van der Waals surface area (Å²) in [6.07, 6.45) is 0. The maximum Gasteiger partial charge on any atom is 0.124 e. The maximum atomic E-state index is 10.8. The molecule has 0 radical (unpaired) electrons. The number of fused-ring (bicyclic) bond motifs is 8. The van der Waals surface area contributed by atoms with Gasteiger partial charge in [0.2, 0.25) is 0 Å². The van der Waals surface area contributed by atoms with Gasteiger partial charge in [-0.3, -0.25) is 4.98 Å². The van der Waals surface area contributed by atoms with Crippen LogP contribution in [0.25, 0.3) is 88.9 Å². The molecule has 0 fully saturated rings. The summed E-state index contributed by atoms with van der Waals surface area (Å²) in [6, 6.07) is 49.0. The number of nitrogens with zero attached hydrogens (tertiary/aromatic N) is 4. The number of pyridine rings is 1. The normalized spacial score (nSPS) is 11.9. The summed E-state index contributed by atoms with van der Waals surface area (Å²) in [4.78, 5) is 10.6. The molecule has 0 spiro atoms. The van der Waals surface area contributed by atoms with Crippen LogP contribution < -0.4 is 0 Å². The molecule has 1 N–H and O–H groups in total. The zero-order valence-corrected chi connectivity index (χ0v) is 33.1. The zero-order valence-electron chi connectivity index (χ0n) is 30.8. The Morgan fingerprint density at radius 2 is 1.29 bits per heavy atom. The predicted octanol–water partition coefficient (Wildman–Crippen LogP) is 12.5. The fourth-order valence-corrected chi connectivity index (χ4v) is 8.18. The molecule has 0 saturated carbocycles. The zero-order chi connectivity index (χ0) is 36.7. The van der Waals surface area contributed by atoms with Crippen LogP contribution in [0.2, 0.25) is 0 Å². The molecule has 10 aromatic rings. The van der Waals surface area contributed by atoms with Gasteiger partial charge >= 0.3 is 0 Å². The summed E-state index contributed by atoms with van der Waals surface area (Å²) >= 11 is 0. The Kier molecular flexibility index (Phi) is 8.47. The summed E-state index contributed by atoms with van der Waals surface area (Å²) < 4.78 is 11.2. The van der Waals surface area contributed by atoms with Crippen molar-refractivity contribution < 1.29 is 30.6 Å². The Morgan fingerprint density at radius 3 is 2.05 bits per heavy atom. The minimum atomic E-state index is 0. The fourth-order valence-electron chi connectivity index (χ4n) is 8.18. The van der Waals surface area contributed by atoms with Crippen molar-refractivity contribution in [2.75, 3.05) is 0 Å². The van der Waals surface area contributed by atoms with Gasteiger partial charge in [-0.2, -0.15) is 0 Å². The van der Waals surface area contributed by atoms with E-state index in [9.17, 15) is 5.11 Å². The van der Waals surface area contributed by atoms with E-state index in [1.165, 1.54) is 16.8 Å². The van der Waals surface area contributed by atoms with Crippen LogP contribution in [0.5, 0.6) is 5.75 Å². The van der Waals surface area contributed by atoms with Gasteiger partial charge in [0.1, 0.15) is 5.75 Å². The molecular weight excluding hydrogens is 860 g/mol. The van der Waals surface area contributed by atoms with Crippen molar-refractivity contribution in [1.82, 2.24) is 19.1 Å². The van der Waals surface area contributed by atoms with Crippen LogP contribution >= 0.6 is 0 Å². The Balaban J connectivity index is 0.00000397. The molecule has 272 valence electrons. The molecule has 0 atom stereocenters. The van der Waals surface area contributed by atoms with E-state index in [1.807, 2.05) is 42.5 Å². The molecular formula is C48H37N4O2Pt-. The third-order valence-corrected chi connectivity index (χ3v) is 10.7. The van der Waals surface area contributed by atoms with E-state index >= 15 is 0 Å². The molecule has 6 aromatic carbocycles. The molecule has 0 aliphatic rings. The van der Waals surface area contributed by atoms with Gasteiger partial charge in [-0.1, -0.05) is 105 Å². The van der Waals surface area contributed by atoms with Crippen molar-refractivity contribution in [1.29, 1.82) is 0 Å². The average molecular weight is 897 g/mol. The monoisotopic (exact) mass is 896 g/mol. The summed E-state index contributed by atoms with van der Waals surface area (Å²) in [5.74, 6) is 1.64. The van der Waals surface area contributed by atoms with Gasteiger partial charge in [-0.15, -0.1) is 12.1 Å². The van der Waals surface area contributed by atoms with Crippen LogP contribution in [0, 0.1) is 6.07 Å². The third kappa shape index (κ3) is 5.42. The van der Waals surface area contributed by atoms with Crippen molar-refractivity contribution in [3.63, 3.8) is 0 Å². The van der Waals surface area contributed by atoms with Gasteiger partial charge in [-0.05, 0) is 89.0 Å². The van der Waals surface area contributed by atoms with E-state index < -0.39 is 0 Å². The van der Waals surface area contributed by atoms with Crippen molar-refractivity contribution in [2.45, 2.75) is 39.5 Å². The minimum Gasteiger partial charge on any atom is -0.507 e. The van der Waals surface area contributed by atoms with E-state index in [1.54, 1.807) is 6.07 Å². The van der Waals surface area contributed by atoms with Gasteiger partial charge in [-0.25, -0.2) is 4.98 Å². The van der Waals surface area contributed by atoms with Crippen molar-refractivity contribution in [3.05, 3.63) is 151 Å². The first kappa shape index (κ1) is 34.8. The number of phenolic OH excluding ortho intramolecular Hbond substituents is 1. The average Bonchev–Trinajstić information content (AvgIpc) is 3.87. The summed E-state index contributed by atoms with van der Waals surface area (Å²) in [5.41, 5.74) is 13.3. The Hall–Kier alpha value is -5.97. The number of aromatic hydroxyl groups is 1. The fraction of sp³-hybridized carbons (Fsp3) is 0.125. The van der Waals surface area contributed by atoms with E-state index in [0.29, 0.717) is 23.1 Å². The van der Waals surface area contributed by atoms with Crippen molar-refractivity contribution in [3.8, 4) is 39.8 Å². The number of aromatic nitrogens is 4. The molecule has 0 unspecified atom stereocenters. The first-order valence-corrected chi connectivity index (χ1v) is 18.5. The minimum absolute atomic E-state index is 0. The number of hydrogen-bond donors (Lipinski definition) is 1. The van der Waals surface area contributed by atoms with E-state index in [-0.39, 0.29) is 26.8 Å². The Bertz CT molecular complexity index is 3050. The Labute approximate surface area is 333 Å². The van der Waals surface area contributed by atoms with Crippen LogP contribution in [0.15, 0.2) is 138 Å². The third-order valence-electron chi connectivity index (χ3n) is 10.7. The number of benzene rings is 6. The first-order valence-electron chi connectivity index (χ1n) is 18.5. The molecule has 0 aliphatic carbocycles. The second-order valence-corrected chi connectivity index (χ2v) is 14.7. The molecule has 55 heavy (non-hydrogen) atoms. The molecule has 6 nitrogen and oxygen atoms in total. The molecule has 0 bridgehead atoms.